The Morgan fingerprint density at radius 1 is 1.40 bits per heavy atom. The van der Waals surface area contributed by atoms with E-state index in [1.807, 2.05) is 0 Å². The van der Waals surface area contributed by atoms with Gasteiger partial charge in [0.15, 0.2) is 0 Å². The molecule has 0 unspecified atom stereocenters. The third kappa shape index (κ3) is 2.38. The van der Waals surface area contributed by atoms with Crippen LogP contribution in [0.3, 0.4) is 0 Å². The molecule has 0 bridgehead atoms. The first-order valence-electron chi connectivity index (χ1n) is 1.78. The lowest BCUT2D eigenvalue weighted by Gasteiger charge is -2.07. The molecule has 62 valence electrons. The first kappa shape index (κ1) is 12.2. The lowest BCUT2D eigenvalue weighted by atomic mass is 10.4. The zero-order valence-electron chi connectivity index (χ0n) is 4.35. The van der Waals surface area contributed by atoms with Gasteiger partial charge in [-0.05, 0) is 0 Å². The summed E-state index contributed by atoms with van der Waals surface area (Å²) in [5.74, 6) is -7.72. The summed E-state index contributed by atoms with van der Waals surface area (Å²) < 4.78 is 44.5. The van der Waals surface area contributed by atoms with Gasteiger partial charge in [-0.2, -0.15) is 8.78 Å². The van der Waals surface area contributed by atoms with Crippen LogP contribution in [0.4, 0.5) is 17.6 Å². The third-order valence-corrected chi connectivity index (χ3v) is 0.559. The molecule has 0 aliphatic rings. The fourth-order valence-electron chi connectivity index (χ4n) is 0.0933. The number of halogens is 5. The number of hydrogen-bond acceptors (Lipinski definition) is 1. The number of carbonyl (C=O) groups is 1. The lowest BCUT2D eigenvalue weighted by molar-refractivity contribution is -0.187. The number of rotatable bonds is 2. The molecule has 0 aromatic heterocycles. The van der Waals surface area contributed by atoms with Gasteiger partial charge in [0.1, 0.15) is 0 Å². The molecule has 0 saturated heterocycles. The molecule has 0 aliphatic heterocycles. The molecule has 0 spiro atoms. The highest BCUT2D eigenvalue weighted by atomic mass is 35.5. The summed E-state index contributed by atoms with van der Waals surface area (Å²) in [7, 11) is 0. The summed E-state index contributed by atoms with van der Waals surface area (Å²) >= 11 is 0. The monoisotopic (exact) mass is 182 g/mol. The zero-order valence-corrected chi connectivity index (χ0v) is 5.17. The summed E-state index contributed by atoms with van der Waals surface area (Å²) in [4.78, 5) is 9.23. The molecular formula is C3H3ClF4O2. The molecule has 0 aliphatic carbocycles. The summed E-state index contributed by atoms with van der Waals surface area (Å²) in [6, 6.07) is 0. The Balaban J connectivity index is 0. The van der Waals surface area contributed by atoms with Crippen LogP contribution < -0.4 is 0 Å². The van der Waals surface area contributed by atoms with E-state index in [0.29, 0.717) is 0 Å². The second-order valence-electron chi connectivity index (χ2n) is 1.23. The SMILES string of the molecule is Cl.O=C(O)C(F)(F)C(F)F. The number of alkyl halides is 4. The van der Waals surface area contributed by atoms with Crippen LogP contribution in [-0.2, 0) is 4.79 Å². The predicted octanol–water partition coefficient (Wildman–Crippen LogP) is 1.39. The molecular weight excluding hydrogens is 179 g/mol. The number of hydrogen-bond donors (Lipinski definition) is 1. The Kier molecular flexibility index (Phi) is 4.39. The van der Waals surface area contributed by atoms with Gasteiger partial charge in [-0.3, -0.25) is 0 Å². The molecule has 10 heavy (non-hydrogen) atoms. The quantitative estimate of drug-likeness (QED) is 0.656. The Morgan fingerprint density at radius 3 is 1.70 bits per heavy atom. The molecule has 0 amide bonds. The normalized spacial score (nSPS) is 10.9. The zero-order chi connectivity index (χ0) is 7.65. The average molecular weight is 182 g/mol. The molecule has 0 atom stereocenters. The Bertz CT molecular complexity index is 126. The van der Waals surface area contributed by atoms with Crippen molar-refractivity contribution in [3.05, 3.63) is 0 Å². The van der Waals surface area contributed by atoms with Crippen LogP contribution in [0.25, 0.3) is 0 Å². The van der Waals surface area contributed by atoms with E-state index in [1.165, 1.54) is 0 Å². The van der Waals surface area contributed by atoms with E-state index in [9.17, 15) is 22.4 Å². The lowest BCUT2D eigenvalue weighted by Crippen LogP contribution is -2.35. The molecule has 0 rings (SSSR count). The van der Waals surface area contributed by atoms with Crippen molar-refractivity contribution in [1.82, 2.24) is 0 Å². The maximum atomic E-state index is 11.3. The van der Waals surface area contributed by atoms with E-state index in [4.69, 9.17) is 5.11 Å². The maximum absolute atomic E-state index is 11.3. The average Bonchev–Trinajstić information content (AvgIpc) is 1.65. The fraction of sp³-hybridized carbons (Fsp3) is 0.667. The van der Waals surface area contributed by atoms with Crippen molar-refractivity contribution >= 4 is 18.4 Å². The minimum atomic E-state index is -4.92. The molecule has 0 aromatic carbocycles. The minimum absolute atomic E-state index is 0. The van der Waals surface area contributed by atoms with E-state index in [2.05, 4.69) is 0 Å². The van der Waals surface area contributed by atoms with Crippen LogP contribution in [0.5, 0.6) is 0 Å². The van der Waals surface area contributed by atoms with Crippen LogP contribution in [0.15, 0.2) is 0 Å². The molecule has 0 radical (unpaired) electrons. The van der Waals surface area contributed by atoms with Gasteiger partial charge in [-0.25, -0.2) is 13.6 Å². The van der Waals surface area contributed by atoms with Crippen molar-refractivity contribution in [2.45, 2.75) is 12.3 Å². The standard InChI is InChI=1S/C3H2F4O2.ClH/c4-1(5)3(6,7)2(8)9;/h1H,(H,8,9);1H. The highest BCUT2D eigenvalue weighted by Crippen LogP contribution is 2.22. The second-order valence-corrected chi connectivity index (χ2v) is 1.23. The maximum Gasteiger partial charge on any atom is 0.401 e. The third-order valence-electron chi connectivity index (χ3n) is 0.559. The van der Waals surface area contributed by atoms with Crippen molar-refractivity contribution in [3.63, 3.8) is 0 Å². The van der Waals surface area contributed by atoms with Crippen LogP contribution in [0, 0.1) is 0 Å². The van der Waals surface area contributed by atoms with Gasteiger partial charge in [-0.15, -0.1) is 12.4 Å². The largest absolute Gasteiger partial charge is 0.477 e. The highest BCUT2D eigenvalue weighted by molar-refractivity contribution is 5.85. The van der Waals surface area contributed by atoms with Crippen molar-refractivity contribution < 1.29 is 27.5 Å². The molecule has 0 saturated carbocycles. The Hall–Kier alpha value is -0.520. The van der Waals surface area contributed by atoms with E-state index < -0.39 is 18.3 Å². The van der Waals surface area contributed by atoms with Gasteiger partial charge in [-0.1, -0.05) is 0 Å². The van der Waals surface area contributed by atoms with E-state index in [1.54, 1.807) is 0 Å². The van der Waals surface area contributed by atoms with Crippen LogP contribution in [0.1, 0.15) is 0 Å². The fourth-order valence-corrected chi connectivity index (χ4v) is 0.0933. The predicted molar refractivity (Wildman–Crippen MR) is 25.8 cm³/mol. The van der Waals surface area contributed by atoms with Crippen LogP contribution >= 0.6 is 12.4 Å². The first-order valence-corrected chi connectivity index (χ1v) is 1.78. The first-order chi connectivity index (χ1) is 3.89. The minimum Gasteiger partial charge on any atom is -0.477 e. The van der Waals surface area contributed by atoms with E-state index >= 15 is 0 Å². The van der Waals surface area contributed by atoms with Crippen LogP contribution in [0.2, 0.25) is 0 Å². The van der Waals surface area contributed by atoms with Crippen molar-refractivity contribution in [1.29, 1.82) is 0 Å². The van der Waals surface area contributed by atoms with Gasteiger partial charge in [0, 0.05) is 0 Å². The van der Waals surface area contributed by atoms with Gasteiger partial charge in [0.05, 0.1) is 0 Å². The van der Waals surface area contributed by atoms with E-state index in [0.717, 1.165) is 0 Å². The van der Waals surface area contributed by atoms with Crippen molar-refractivity contribution in [3.8, 4) is 0 Å². The second kappa shape index (κ2) is 3.60. The number of carboxylic acids is 1. The summed E-state index contributed by atoms with van der Waals surface area (Å²) in [5, 5.41) is 7.38. The van der Waals surface area contributed by atoms with Gasteiger partial charge in [0.25, 0.3) is 0 Å². The topological polar surface area (TPSA) is 37.3 Å². The molecule has 2 nitrogen and oxygen atoms in total. The van der Waals surface area contributed by atoms with Gasteiger partial charge >= 0.3 is 18.3 Å². The van der Waals surface area contributed by atoms with Crippen molar-refractivity contribution in [2.75, 3.05) is 0 Å². The van der Waals surface area contributed by atoms with Crippen molar-refractivity contribution in [2.24, 2.45) is 0 Å². The molecule has 0 aromatic rings. The van der Waals surface area contributed by atoms with Gasteiger partial charge in [0.2, 0.25) is 0 Å². The molecule has 0 fully saturated rings. The molecule has 7 heteroatoms. The highest BCUT2D eigenvalue weighted by Gasteiger charge is 2.49. The summed E-state index contributed by atoms with van der Waals surface area (Å²) in [6.45, 7) is 0. The smallest absolute Gasteiger partial charge is 0.401 e. The molecule has 1 N–H and O–H groups in total. The number of carboxylic acid groups (broad SMARTS) is 1. The Morgan fingerprint density at radius 2 is 1.70 bits per heavy atom. The van der Waals surface area contributed by atoms with Crippen LogP contribution in [-0.4, -0.2) is 23.4 Å². The number of aliphatic carboxylic acids is 1. The summed E-state index contributed by atoms with van der Waals surface area (Å²) in [5.41, 5.74) is 0. The van der Waals surface area contributed by atoms with E-state index in [-0.39, 0.29) is 12.4 Å². The van der Waals surface area contributed by atoms with Gasteiger partial charge < -0.3 is 5.11 Å². The Labute approximate surface area is 59.2 Å². The summed E-state index contributed by atoms with van der Waals surface area (Å²) in [6.07, 6.45) is -4.14. The molecule has 0 heterocycles.